The molecule has 2 heterocycles. The SMILES string of the molecule is CN(C)c1ccc(C(=O)N2CCC(O)C2)cn1. The average molecular weight is 235 g/mol. The van der Waals surface area contributed by atoms with Gasteiger partial charge in [0.05, 0.1) is 11.7 Å². The zero-order chi connectivity index (χ0) is 12.4. The Labute approximate surface area is 101 Å². The van der Waals surface area contributed by atoms with E-state index >= 15 is 0 Å². The summed E-state index contributed by atoms with van der Waals surface area (Å²) in [5.74, 6) is 0.766. The topological polar surface area (TPSA) is 56.7 Å². The second-order valence-corrected chi connectivity index (χ2v) is 4.49. The van der Waals surface area contributed by atoms with Crippen LogP contribution in [-0.2, 0) is 0 Å². The van der Waals surface area contributed by atoms with Crippen molar-refractivity contribution in [2.45, 2.75) is 12.5 Å². The summed E-state index contributed by atoms with van der Waals surface area (Å²) >= 11 is 0. The molecular weight excluding hydrogens is 218 g/mol. The quantitative estimate of drug-likeness (QED) is 0.804. The van der Waals surface area contributed by atoms with Gasteiger partial charge in [-0.15, -0.1) is 0 Å². The molecule has 2 rings (SSSR count). The number of β-amino-alcohol motifs (C(OH)–C–C–N with tert-alkyl or cyclic N) is 1. The maximum absolute atomic E-state index is 12.0. The summed E-state index contributed by atoms with van der Waals surface area (Å²) in [5, 5.41) is 9.40. The third kappa shape index (κ3) is 2.55. The van der Waals surface area contributed by atoms with Crippen molar-refractivity contribution in [2.75, 3.05) is 32.1 Å². The molecule has 17 heavy (non-hydrogen) atoms. The van der Waals surface area contributed by atoms with Crippen LogP contribution in [-0.4, -0.2) is 54.2 Å². The van der Waals surface area contributed by atoms with E-state index in [4.69, 9.17) is 0 Å². The third-order valence-corrected chi connectivity index (χ3v) is 2.90. The monoisotopic (exact) mass is 235 g/mol. The number of aliphatic hydroxyl groups excluding tert-OH is 1. The van der Waals surface area contributed by atoms with Crippen LogP contribution in [0, 0.1) is 0 Å². The van der Waals surface area contributed by atoms with Gasteiger partial charge in [0.15, 0.2) is 0 Å². The van der Waals surface area contributed by atoms with E-state index in [1.165, 1.54) is 0 Å². The summed E-state index contributed by atoms with van der Waals surface area (Å²) in [7, 11) is 3.81. The number of carbonyl (C=O) groups is 1. The van der Waals surface area contributed by atoms with Crippen LogP contribution in [0.25, 0.3) is 0 Å². The molecule has 0 spiro atoms. The van der Waals surface area contributed by atoms with Crippen LogP contribution < -0.4 is 4.90 Å². The highest BCUT2D eigenvalue weighted by Crippen LogP contribution is 2.14. The van der Waals surface area contributed by atoms with E-state index in [0.717, 1.165) is 5.82 Å². The number of aliphatic hydroxyl groups is 1. The first-order valence-electron chi connectivity index (χ1n) is 5.68. The molecular formula is C12H17N3O2. The molecule has 0 radical (unpaired) electrons. The molecule has 0 saturated carbocycles. The number of nitrogens with zero attached hydrogens (tertiary/aromatic N) is 3. The maximum atomic E-state index is 12.0. The lowest BCUT2D eigenvalue weighted by Gasteiger charge is -2.16. The third-order valence-electron chi connectivity index (χ3n) is 2.90. The fourth-order valence-electron chi connectivity index (χ4n) is 1.89. The molecule has 5 heteroatoms. The number of pyridine rings is 1. The van der Waals surface area contributed by atoms with Crippen LogP contribution in [0.15, 0.2) is 18.3 Å². The number of carbonyl (C=O) groups excluding carboxylic acids is 1. The first-order chi connectivity index (χ1) is 8.08. The standard InChI is InChI=1S/C12H17N3O2/c1-14(2)11-4-3-9(7-13-11)12(17)15-6-5-10(16)8-15/h3-4,7,10,16H,5-6,8H2,1-2H3. The average Bonchev–Trinajstić information content (AvgIpc) is 2.75. The van der Waals surface area contributed by atoms with E-state index < -0.39 is 0 Å². The van der Waals surface area contributed by atoms with Crippen LogP contribution in [0.5, 0.6) is 0 Å². The number of amides is 1. The Hall–Kier alpha value is -1.62. The van der Waals surface area contributed by atoms with Gasteiger partial charge in [-0.3, -0.25) is 4.79 Å². The molecule has 0 aliphatic carbocycles. The summed E-state index contributed by atoms with van der Waals surface area (Å²) in [6.45, 7) is 1.05. The van der Waals surface area contributed by atoms with Gasteiger partial charge in [0.25, 0.3) is 5.91 Å². The van der Waals surface area contributed by atoms with Crippen molar-refractivity contribution >= 4 is 11.7 Å². The Balaban J connectivity index is 2.09. The van der Waals surface area contributed by atoms with E-state index in [1.54, 1.807) is 17.2 Å². The Morgan fingerprint density at radius 1 is 1.53 bits per heavy atom. The zero-order valence-electron chi connectivity index (χ0n) is 10.1. The lowest BCUT2D eigenvalue weighted by molar-refractivity contribution is 0.0764. The lowest BCUT2D eigenvalue weighted by Crippen LogP contribution is -2.29. The summed E-state index contributed by atoms with van der Waals surface area (Å²) in [5.41, 5.74) is 0.574. The van der Waals surface area contributed by atoms with Gasteiger partial charge in [-0.2, -0.15) is 0 Å². The molecule has 1 amide bonds. The van der Waals surface area contributed by atoms with Crippen molar-refractivity contribution in [3.05, 3.63) is 23.9 Å². The van der Waals surface area contributed by atoms with E-state index in [9.17, 15) is 9.90 Å². The molecule has 5 nitrogen and oxygen atoms in total. The Morgan fingerprint density at radius 3 is 2.76 bits per heavy atom. The number of hydrogen-bond acceptors (Lipinski definition) is 4. The van der Waals surface area contributed by atoms with Crippen molar-refractivity contribution in [1.29, 1.82) is 0 Å². The second kappa shape index (κ2) is 4.71. The van der Waals surface area contributed by atoms with Crippen LogP contribution in [0.2, 0.25) is 0 Å². The van der Waals surface area contributed by atoms with Crippen molar-refractivity contribution in [3.8, 4) is 0 Å². The molecule has 1 N–H and O–H groups in total. The summed E-state index contributed by atoms with van der Waals surface area (Å²) in [6, 6.07) is 3.59. The van der Waals surface area contributed by atoms with Crippen LogP contribution in [0.4, 0.5) is 5.82 Å². The molecule has 0 aromatic carbocycles. The highest BCUT2D eigenvalue weighted by Gasteiger charge is 2.25. The second-order valence-electron chi connectivity index (χ2n) is 4.49. The van der Waals surface area contributed by atoms with Gasteiger partial charge in [0.2, 0.25) is 0 Å². The van der Waals surface area contributed by atoms with Crippen LogP contribution in [0.3, 0.4) is 0 Å². The molecule has 1 aromatic heterocycles. The Bertz CT molecular complexity index is 403. The smallest absolute Gasteiger partial charge is 0.255 e. The molecule has 92 valence electrons. The van der Waals surface area contributed by atoms with Gasteiger partial charge in [-0.1, -0.05) is 0 Å². The van der Waals surface area contributed by atoms with Crippen molar-refractivity contribution in [2.24, 2.45) is 0 Å². The van der Waals surface area contributed by atoms with E-state index in [0.29, 0.717) is 25.1 Å². The molecule has 1 atom stereocenters. The predicted octanol–water partition coefficient (Wildman–Crippen LogP) is 0.354. The minimum absolute atomic E-state index is 0.0562. The summed E-state index contributed by atoms with van der Waals surface area (Å²) < 4.78 is 0. The number of rotatable bonds is 2. The summed E-state index contributed by atoms with van der Waals surface area (Å²) in [6.07, 6.45) is 1.87. The van der Waals surface area contributed by atoms with Gasteiger partial charge < -0.3 is 14.9 Å². The highest BCUT2D eigenvalue weighted by molar-refractivity contribution is 5.94. The van der Waals surface area contributed by atoms with E-state index in [1.807, 2.05) is 25.1 Å². The lowest BCUT2D eigenvalue weighted by atomic mass is 10.2. The number of anilines is 1. The summed E-state index contributed by atoms with van der Waals surface area (Å²) in [4.78, 5) is 19.8. The van der Waals surface area contributed by atoms with Crippen LogP contribution in [0.1, 0.15) is 16.8 Å². The highest BCUT2D eigenvalue weighted by atomic mass is 16.3. The van der Waals surface area contributed by atoms with E-state index in [-0.39, 0.29) is 12.0 Å². The number of aromatic nitrogens is 1. The Kier molecular flexibility index (Phi) is 3.28. The molecule has 1 aliphatic heterocycles. The van der Waals surface area contributed by atoms with Crippen molar-refractivity contribution in [1.82, 2.24) is 9.88 Å². The van der Waals surface area contributed by atoms with Crippen molar-refractivity contribution in [3.63, 3.8) is 0 Å². The first kappa shape index (κ1) is 11.9. The van der Waals surface area contributed by atoms with Gasteiger partial charge >= 0.3 is 0 Å². The van der Waals surface area contributed by atoms with Gasteiger partial charge in [0, 0.05) is 33.4 Å². The van der Waals surface area contributed by atoms with Gasteiger partial charge in [-0.25, -0.2) is 4.98 Å². The fourth-order valence-corrected chi connectivity index (χ4v) is 1.89. The number of hydrogen-bond donors (Lipinski definition) is 1. The Morgan fingerprint density at radius 2 is 2.29 bits per heavy atom. The maximum Gasteiger partial charge on any atom is 0.255 e. The molecule has 1 saturated heterocycles. The largest absolute Gasteiger partial charge is 0.391 e. The van der Waals surface area contributed by atoms with Gasteiger partial charge in [0.1, 0.15) is 5.82 Å². The first-order valence-corrected chi connectivity index (χ1v) is 5.68. The molecule has 1 aliphatic rings. The molecule has 1 fully saturated rings. The number of likely N-dealkylation sites (tertiary alicyclic amines) is 1. The minimum Gasteiger partial charge on any atom is -0.391 e. The predicted molar refractivity (Wildman–Crippen MR) is 65.1 cm³/mol. The van der Waals surface area contributed by atoms with E-state index in [2.05, 4.69) is 4.98 Å². The zero-order valence-corrected chi connectivity index (χ0v) is 10.1. The molecule has 1 aromatic rings. The fraction of sp³-hybridized carbons (Fsp3) is 0.500. The van der Waals surface area contributed by atoms with Crippen LogP contribution >= 0.6 is 0 Å². The minimum atomic E-state index is -0.382. The molecule has 0 bridgehead atoms. The normalized spacial score (nSPS) is 19.5. The molecule has 1 unspecified atom stereocenters. The van der Waals surface area contributed by atoms with Crippen molar-refractivity contribution < 1.29 is 9.90 Å². The van der Waals surface area contributed by atoms with Gasteiger partial charge in [-0.05, 0) is 18.6 Å².